The molecule has 0 heterocycles. The first kappa shape index (κ1) is 10.8. The van der Waals surface area contributed by atoms with Crippen LogP contribution in [-0.2, 0) is 13.9 Å². The van der Waals surface area contributed by atoms with Crippen LogP contribution < -0.4 is 0 Å². The molecular weight excluding hydrogens is 171 g/mol. The molecule has 0 aliphatic carbocycles. The first-order valence-electron chi connectivity index (χ1n) is 3.07. The van der Waals surface area contributed by atoms with Crippen LogP contribution in [0, 0.1) is 5.92 Å². The maximum atomic E-state index is 10.0. The van der Waals surface area contributed by atoms with Crippen molar-refractivity contribution >= 4 is 14.5 Å². The highest BCUT2D eigenvalue weighted by Gasteiger charge is 2.13. The summed E-state index contributed by atoms with van der Waals surface area (Å²) in [6, 6.07) is 0. The predicted octanol–water partition coefficient (Wildman–Crippen LogP) is -0.419. The predicted molar refractivity (Wildman–Crippen MR) is 38.4 cm³/mol. The Labute approximate surface area is 64.9 Å². The summed E-state index contributed by atoms with van der Waals surface area (Å²) in [7, 11) is -3.00. The van der Waals surface area contributed by atoms with Gasteiger partial charge in [0.2, 0.25) is 0 Å². The zero-order valence-corrected chi connectivity index (χ0v) is 7.06. The highest BCUT2D eigenvalue weighted by Crippen LogP contribution is 2.15. The maximum Gasteiger partial charge on any atom is 0.316 e. The lowest BCUT2D eigenvalue weighted by molar-refractivity contribution is -0.114. The number of aliphatic hydroxyl groups excluding tert-OH is 1. The number of aldehydes is 1. The van der Waals surface area contributed by atoms with Gasteiger partial charge in [0.05, 0.1) is 12.7 Å². The van der Waals surface area contributed by atoms with Crippen molar-refractivity contribution in [2.24, 2.45) is 5.92 Å². The number of aliphatic hydroxyl groups is 1. The molecule has 0 fully saturated rings. The number of hydrogen-bond acceptors (Lipinski definition) is 4. The van der Waals surface area contributed by atoms with Crippen LogP contribution in [0.1, 0.15) is 6.92 Å². The average Bonchev–Trinajstić information content (AvgIpc) is 1.98. The molecule has 6 heteroatoms. The van der Waals surface area contributed by atoms with E-state index in [0.29, 0.717) is 6.29 Å². The summed E-state index contributed by atoms with van der Waals surface area (Å²) in [5.41, 5.74) is 0. The Morgan fingerprint density at radius 1 is 1.73 bits per heavy atom. The van der Waals surface area contributed by atoms with Crippen molar-refractivity contribution < 1.29 is 23.9 Å². The van der Waals surface area contributed by atoms with Gasteiger partial charge in [0, 0.05) is 5.92 Å². The molecule has 11 heavy (non-hydrogen) atoms. The fourth-order valence-corrected chi connectivity index (χ4v) is 0.712. The van der Waals surface area contributed by atoms with E-state index >= 15 is 0 Å². The maximum absolute atomic E-state index is 10.0. The van der Waals surface area contributed by atoms with E-state index in [0.717, 1.165) is 0 Å². The summed E-state index contributed by atoms with van der Waals surface area (Å²) in [6.45, 7) is 1.21. The summed E-state index contributed by atoms with van der Waals surface area (Å²) < 4.78 is 14.2. The van der Waals surface area contributed by atoms with Gasteiger partial charge in [-0.1, -0.05) is 6.92 Å². The van der Waals surface area contributed by atoms with E-state index in [-0.39, 0.29) is 6.61 Å². The van der Waals surface area contributed by atoms with E-state index in [1.807, 2.05) is 0 Å². The van der Waals surface area contributed by atoms with Gasteiger partial charge in [-0.25, -0.2) is 0 Å². The molecule has 0 aromatic carbocycles. The molecule has 0 aliphatic rings. The molecule has 3 atom stereocenters. The number of carbonyl (C=O) groups is 1. The van der Waals surface area contributed by atoms with E-state index in [1.54, 1.807) is 0 Å². The second kappa shape index (κ2) is 5.43. The quantitative estimate of drug-likeness (QED) is 0.445. The Morgan fingerprint density at radius 3 is 2.64 bits per heavy atom. The second-order valence-corrected chi connectivity index (χ2v) is 2.96. The van der Waals surface area contributed by atoms with Crippen LogP contribution in [0.4, 0.5) is 0 Å². The van der Waals surface area contributed by atoms with Gasteiger partial charge in [-0.2, -0.15) is 0 Å². The summed E-state index contributed by atoms with van der Waals surface area (Å²) in [5, 5.41) is 8.98. The zero-order chi connectivity index (χ0) is 8.85. The zero-order valence-electron chi connectivity index (χ0n) is 6.06. The summed E-state index contributed by atoms with van der Waals surface area (Å²) in [5.74, 6) is -0.573. The van der Waals surface area contributed by atoms with Crippen molar-refractivity contribution in [3.8, 4) is 0 Å². The molecule has 66 valence electrons. The number of hydrogen-bond donors (Lipinski definition) is 2. The van der Waals surface area contributed by atoms with Crippen LogP contribution in [0.5, 0.6) is 0 Å². The average molecular weight is 182 g/mol. The monoisotopic (exact) mass is 182 g/mol. The molecule has 0 aromatic rings. The first-order chi connectivity index (χ1) is 5.07. The third-order valence-corrected chi connectivity index (χ3v) is 1.61. The van der Waals surface area contributed by atoms with Gasteiger partial charge in [-0.15, -0.1) is 0 Å². The molecule has 0 rings (SSSR count). The fraction of sp³-hybridized carbons (Fsp3) is 0.800. The number of carbonyl (C=O) groups excluding carboxylic acids is 1. The third kappa shape index (κ3) is 5.09. The molecule has 0 aliphatic heterocycles. The summed E-state index contributed by atoms with van der Waals surface area (Å²) in [6.07, 6.45) is -0.448. The van der Waals surface area contributed by atoms with Gasteiger partial charge >= 0.3 is 8.25 Å². The Bertz CT molecular complexity index is 148. The lowest BCUT2D eigenvalue weighted by Gasteiger charge is -2.11. The summed E-state index contributed by atoms with van der Waals surface area (Å²) >= 11 is 0. The van der Waals surface area contributed by atoms with Crippen LogP contribution in [-0.4, -0.2) is 29.0 Å². The SMILES string of the molecule is CC(C=O)C(O)CO[PH](=O)O. The lowest BCUT2D eigenvalue weighted by Crippen LogP contribution is -2.23. The lowest BCUT2D eigenvalue weighted by atomic mass is 10.1. The standard InChI is InChI=1S/C5H11O5P/c1-4(2-6)5(7)3-10-11(8)9/h2,4-5,7,11H,3H2,1H3,(H,8,9). The van der Waals surface area contributed by atoms with Gasteiger partial charge in [-0.3, -0.25) is 4.57 Å². The molecular formula is C5H11O5P. The molecule has 0 saturated carbocycles. The highest BCUT2D eigenvalue weighted by molar-refractivity contribution is 7.32. The van der Waals surface area contributed by atoms with Gasteiger partial charge < -0.3 is 19.3 Å². The molecule has 0 spiro atoms. The smallest absolute Gasteiger partial charge is 0.316 e. The Hall–Kier alpha value is -0.220. The Morgan fingerprint density at radius 2 is 2.27 bits per heavy atom. The van der Waals surface area contributed by atoms with Crippen molar-refractivity contribution in [1.82, 2.24) is 0 Å². The van der Waals surface area contributed by atoms with Gasteiger partial charge in [0.15, 0.2) is 0 Å². The number of rotatable bonds is 5. The Kier molecular flexibility index (Phi) is 5.32. The molecule has 3 unspecified atom stereocenters. The molecule has 2 N–H and O–H groups in total. The van der Waals surface area contributed by atoms with Crippen LogP contribution in [0.15, 0.2) is 0 Å². The summed E-state index contributed by atoms with van der Waals surface area (Å²) in [4.78, 5) is 18.2. The van der Waals surface area contributed by atoms with Crippen LogP contribution in [0.2, 0.25) is 0 Å². The molecule has 5 nitrogen and oxygen atoms in total. The molecule has 0 radical (unpaired) electrons. The Balaban J connectivity index is 3.59. The minimum absolute atomic E-state index is 0.284. The first-order valence-corrected chi connectivity index (χ1v) is 4.33. The van der Waals surface area contributed by atoms with Crippen molar-refractivity contribution in [3.63, 3.8) is 0 Å². The minimum Gasteiger partial charge on any atom is -0.390 e. The fourth-order valence-electron chi connectivity index (χ4n) is 0.399. The largest absolute Gasteiger partial charge is 0.390 e. The van der Waals surface area contributed by atoms with Crippen molar-refractivity contribution in [1.29, 1.82) is 0 Å². The van der Waals surface area contributed by atoms with Crippen molar-refractivity contribution in [2.45, 2.75) is 13.0 Å². The van der Waals surface area contributed by atoms with E-state index in [4.69, 9.17) is 10.00 Å². The normalized spacial score (nSPS) is 18.8. The molecule has 0 amide bonds. The highest BCUT2D eigenvalue weighted by atomic mass is 31.1. The van der Waals surface area contributed by atoms with E-state index < -0.39 is 20.3 Å². The van der Waals surface area contributed by atoms with Crippen LogP contribution in [0.25, 0.3) is 0 Å². The van der Waals surface area contributed by atoms with Crippen LogP contribution in [0.3, 0.4) is 0 Å². The molecule has 0 saturated heterocycles. The topological polar surface area (TPSA) is 83.8 Å². The molecule has 0 aromatic heterocycles. The van der Waals surface area contributed by atoms with E-state index in [2.05, 4.69) is 4.52 Å². The second-order valence-electron chi connectivity index (χ2n) is 2.14. The van der Waals surface area contributed by atoms with Crippen LogP contribution >= 0.6 is 8.25 Å². The van der Waals surface area contributed by atoms with Gasteiger partial charge in [0.1, 0.15) is 6.29 Å². The van der Waals surface area contributed by atoms with Gasteiger partial charge in [0.25, 0.3) is 0 Å². The van der Waals surface area contributed by atoms with E-state index in [1.165, 1.54) is 6.92 Å². The van der Waals surface area contributed by atoms with Gasteiger partial charge in [-0.05, 0) is 0 Å². The third-order valence-electron chi connectivity index (χ3n) is 1.20. The molecule has 0 bridgehead atoms. The van der Waals surface area contributed by atoms with Crippen molar-refractivity contribution in [3.05, 3.63) is 0 Å². The minimum atomic E-state index is -3.00. The van der Waals surface area contributed by atoms with E-state index in [9.17, 15) is 9.36 Å². The van der Waals surface area contributed by atoms with Crippen molar-refractivity contribution in [2.75, 3.05) is 6.61 Å².